The van der Waals surface area contributed by atoms with Crippen molar-refractivity contribution in [2.75, 3.05) is 13.1 Å². The first-order valence-electron chi connectivity index (χ1n) is 5.77. The SMILES string of the molecule is NC1(CC(=O)N2CC(CC(=O)O)C2)CCC1. The van der Waals surface area contributed by atoms with Gasteiger partial charge in [-0.3, -0.25) is 9.59 Å². The fourth-order valence-corrected chi connectivity index (χ4v) is 2.37. The van der Waals surface area contributed by atoms with Crippen LogP contribution in [0.15, 0.2) is 0 Å². The van der Waals surface area contributed by atoms with Crippen LogP contribution < -0.4 is 5.73 Å². The van der Waals surface area contributed by atoms with E-state index in [0.717, 1.165) is 19.3 Å². The topological polar surface area (TPSA) is 83.6 Å². The Morgan fingerprint density at radius 3 is 2.44 bits per heavy atom. The smallest absolute Gasteiger partial charge is 0.303 e. The number of hydrogen-bond donors (Lipinski definition) is 2. The highest BCUT2D eigenvalue weighted by atomic mass is 16.4. The van der Waals surface area contributed by atoms with Gasteiger partial charge in [-0.1, -0.05) is 0 Å². The van der Waals surface area contributed by atoms with Gasteiger partial charge in [-0.05, 0) is 19.3 Å². The number of carboxylic acids is 1. The number of nitrogens with zero attached hydrogens (tertiary/aromatic N) is 1. The summed E-state index contributed by atoms with van der Waals surface area (Å²) in [7, 11) is 0. The Labute approximate surface area is 94.6 Å². The fraction of sp³-hybridized carbons (Fsp3) is 0.818. The lowest BCUT2D eigenvalue weighted by Crippen LogP contribution is -2.55. The number of carboxylic acid groups (broad SMARTS) is 1. The second-order valence-corrected chi connectivity index (χ2v) is 5.16. The van der Waals surface area contributed by atoms with Crippen molar-refractivity contribution in [1.82, 2.24) is 4.90 Å². The van der Waals surface area contributed by atoms with Crippen LogP contribution in [-0.2, 0) is 9.59 Å². The van der Waals surface area contributed by atoms with E-state index >= 15 is 0 Å². The van der Waals surface area contributed by atoms with E-state index in [-0.39, 0.29) is 23.8 Å². The number of aliphatic carboxylic acids is 1. The van der Waals surface area contributed by atoms with Crippen LogP contribution >= 0.6 is 0 Å². The molecule has 1 aliphatic heterocycles. The Bertz CT molecular complexity index is 306. The first-order chi connectivity index (χ1) is 7.48. The molecule has 3 N–H and O–H groups in total. The number of carbonyl (C=O) groups is 2. The molecule has 1 heterocycles. The Morgan fingerprint density at radius 1 is 1.38 bits per heavy atom. The minimum absolute atomic E-state index is 0.0869. The number of rotatable bonds is 4. The van der Waals surface area contributed by atoms with Crippen molar-refractivity contribution >= 4 is 11.9 Å². The summed E-state index contributed by atoms with van der Waals surface area (Å²) in [5.74, 6) is -0.563. The van der Waals surface area contributed by atoms with Gasteiger partial charge >= 0.3 is 5.97 Å². The van der Waals surface area contributed by atoms with Gasteiger partial charge in [0, 0.05) is 31.0 Å². The highest BCUT2D eigenvalue weighted by molar-refractivity contribution is 5.78. The van der Waals surface area contributed by atoms with Crippen molar-refractivity contribution in [3.63, 3.8) is 0 Å². The first-order valence-corrected chi connectivity index (χ1v) is 5.77. The summed E-state index contributed by atoms with van der Waals surface area (Å²) in [5, 5.41) is 8.58. The van der Waals surface area contributed by atoms with Crippen LogP contribution in [0.1, 0.15) is 32.1 Å². The van der Waals surface area contributed by atoms with Gasteiger partial charge in [0.1, 0.15) is 0 Å². The second-order valence-electron chi connectivity index (χ2n) is 5.16. The average molecular weight is 226 g/mol. The van der Waals surface area contributed by atoms with Gasteiger partial charge in [0.05, 0.1) is 6.42 Å². The lowest BCUT2D eigenvalue weighted by Gasteiger charge is -2.43. The quantitative estimate of drug-likeness (QED) is 0.716. The number of nitrogens with two attached hydrogens (primary N) is 1. The molecule has 90 valence electrons. The zero-order chi connectivity index (χ0) is 11.8. The highest BCUT2D eigenvalue weighted by Crippen LogP contribution is 2.33. The van der Waals surface area contributed by atoms with E-state index in [1.807, 2.05) is 0 Å². The summed E-state index contributed by atoms with van der Waals surface area (Å²) >= 11 is 0. The molecular weight excluding hydrogens is 208 g/mol. The summed E-state index contributed by atoms with van der Waals surface area (Å²) in [6.07, 6.45) is 3.58. The van der Waals surface area contributed by atoms with Crippen LogP contribution in [0.25, 0.3) is 0 Å². The minimum atomic E-state index is -0.786. The van der Waals surface area contributed by atoms with Crippen molar-refractivity contribution in [3.05, 3.63) is 0 Å². The van der Waals surface area contributed by atoms with Crippen LogP contribution in [0, 0.1) is 5.92 Å². The van der Waals surface area contributed by atoms with E-state index in [1.165, 1.54) is 0 Å². The van der Waals surface area contributed by atoms with Gasteiger partial charge in [-0.25, -0.2) is 0 Å². The van der Waals surface area contributed by atoms with Crippen LogP contribution in [0.5, 0.6) is 0 Å². The van der Waals surface area contributed by atoms with Crippen LogP contribution in [0.3, 0.4) is 0 Å². The van der Waals surface area contributed by atoms with Gasteiger partial charge in [-0.2, -0.15) is 0 Å². The standard InChI is InChI=1S/C11H18N2O3/c12-11(2-1-3-11)5-9(14)13-6-8(7-13)4-10(15)16/h8H,1-7,12H2,(H,15,16). The molecule has 0 bridgehead atoms. The van der Waals surface area contributed by atoms with Gasteiger partial charge in [-0.15, -0.1) is 0 Å². The molecule has 2 aliphatic rings. The van der Waals surface area contributed by atoms with Crippen molar-refractivity contribution < 1.29 is 14.7 Å². The summed E-state index contributed by atoms with van der Waals surface area (Å²) in [5.41, 5.74) is 5.73. The number of likely N-dealkylation sites (tertiary alicyclic amines) is 1. The van der Waals surface area contributed by atoms with E-state index < -0.39 is 5.97 Å². The molecule has 16 heavy (non-hydrogen) atoms. The molecule has 1 saturated carbocycles. The predicted molar refractivity (Wildman–Crippen MR) is 57.7 cm³/mol. The maximum absolute atomic E-state index is 11.8. The van der Waals surface area contributed by atoms with E-state index in [4.69, 9.17) is 10.8 Å². The lowest BCUT2D eigenvalue weighted by molar-refractivity contribution is -0.146. The summed E-state index contributed by atoms with van der Waals surface area (Å²) in [6, 6.07) is 0. The van der Waals surface area contributed by atoms with Gasteiger partial charge in [0.2, 0.25) is 5.91 Å². The molecule has 0 radical (unpaired) electrons. The normalized spacial score (nSPS) is 23.4. The Balaban J connectivity index is 1.71. The molecule has 0 unspecified atom stereocenters. The van der Waals surface area contributed by atoms with E-state index in [2.05, 4.69) is 0 Å². The van der Waals surface area contributed by atoms with E-state index in [9.17, 15) is 9.59 Å². The van der Waals surface area contributed by atoms with Crippen molar-refractivity contribution in [2.24, 2.45) is 11.7 Å². The Morgan fingerprint density at radius 2 is 2.00 bits per heavy atom. The maximum Gasteiger partial charge on any atom is 0.303 e. The largest absolute Gasteiger partial charge is 0.481 e. The lowest BCUT2D eigenvalue weighted by atomic mass is 9.75. The zero-order valence-electron chi connectivity index (χ0n) is 9.32. The first kappa shape index (κ1) is 11.4. The Hall–Kier alpha value is -1.10. The molecular formula is C11H18N2O3. The Kier molecular flexibility index (Phi) is 2.88. The van der Waals surface area contributed by atoms with Crippen molar-refractivity contribution in [2.45, 2.75) is 37.6 Å². The molecule has 0 spiro atoms. The average Bonchev–Trinajstić information content (AvgIpc) is 2.07. The number of amides is 1. The highest BCUT2D eigenvalue weighted by Gasteiger charge is 2.39. The van der Waals surface area contributed by atoms with Crippen molar-refractivity contribution in [1.29, 1.82) is 0 Å². The molecule has 0 aromatic carbocycles. The fourth-order valence-electron chi connectivity index (χ4n) is 2.37. The molecule has 2 rings (SSSR count). The van der Waals surface area contributed by atoms with Crippen molar-refractivity contribution in [3.8, 4) is 0 Å². The van der Waals surface area contributed by atoms with E-state index in [0.29, 0.717) is 19.5 Å². The van der Waals surface area contributed by atoms with Crippen LogP contribution in [0.4, 0.5) is 0 Å². The second kappa shape index (κ2) is 4.05. The van der Waals surface area contributed by atoms with Crippen LogP contribution in [-0.4, -0.2) is 40.5 Å². The van der Waals surface area contributed by atoms with Gasteiger partial charge in [0.15, 0.2) is 0 Å². The molecule has 0 aromatic rings. The molecule has 1 aliphatic carbocycles. The third-order valence-corrected chi connectivity index (χ3v) is 3.63. The maximum atomic E-state index is 11.8. The predicted octanol–water partition coefficient (Wildman–Crippen LogP) is 0.191. The van der Waals surface area contributed by atoms with Gasteiger partial charge < -0.3 is 15.7 Å². The molecule has 0 atom stereocenters. The van der Waals surface area contributed by atoms with Gasteiger partial charge in [0.25, 0.3) is 0 Å². The molecule has 0 aromatic heterocycles. The monoisotopic (exact) mass is 226 g/mol. The zero-order valence-corrected chi connectivity index (χ0v) is 9.32. The summed E-state index contributed by atoms with van der Waals surface area (Å²) in [4.78, 5) is 23.9. The third kappa shape index (κ3) is 2.35. The minimum Gasteiger partial charge on any atom is -0.481 e. The van der Waals surface area contributed by atoms with Crippen LogP contribution in [0.2, 0.25) is 0 Å². The number of hydrogen-bond acceptors (Lipinski definition) is 3. The summed E-state index contributed by atoms with van der Waals surface area (Å²) in [6.45, 7) is 1.17. The molecule has 1 saturated heterocycles. The van der Waals surface area contributed by atoms with E-state index in [1.54, 1.807) is 4.90 Å². The molecule has 1 amide bonds. The summed E-state index contributed by atoms with van der Waals surface area (Å²) < 4.78 is 0. The molecule has 2 fully saturated rings. The molecule has 5 nitrogen and oxygen atoms in total. The third-order valence-electron chi connectivity index (χ3n) is 3.63. The molecule has 5 heteroatoms. The number of carbonyl (C=O) groups excluding carboxylic acids is 1.